The number of carbonyl (C=O) groups excluding carboxylic acids is 1. The van der Waals surface area contributed by atoms with Crippen LogP contribution in [0.4, 0.5) is 4.39 Å². The molecule has 0 atom stereocenters. The van der Waals surface area contributed by atoms with Gasteiger partial charge in [0.2, 0.25) is 5.91 Å². The Bertz CT molecular complexity index is 1100. The summed E-state index contributed by atoms with van der Waals surface area (Å²) in [6, 6.07) is 15.5. The van der Waals surface area contributed by atoms with Crippen LogP contribution in [0.3, 0.4) is 0 Å². The Balaban J connectivity index is 1.57. The zero-order valence-corrected chi connectivity index (χ0v) is 15.8. The molecule has 0 radical (unpaired) electrons. The fourth-order valence-electron chi connectivity index (χ4n) is 3.49. The molecule has 1 fully saturated rings. The van der Waals surface area contributed by atoms with E-state index in [-0.39, 0.29) is 17.3 Å². The third kappa shape index (κ3) is 4.94. The maximum absolute atomic E-state index is 13.4. The molecule has 2 aromatic carbocycles. The average Bonchev–Trinajstić information content (AvgIpc) is 2.68. The first kappa shape index (κ1) is 19.0. The zero-order valence-electron chi connectivity index (χ0n) is 15.8. The molecule has 2 N–H and O–H groups in total. The molecule has 7 heteroatoms. The molecule has 1 aromatic heterocycles. The number of hydrogen-bond donors (Lipinski definition) is 2. The van der Waals surface area contributed by atoms with Crippen LogP contribution in [0.15, 0.2) is 59.4 Å². The first-order chi connectivity index (χ1) is 14.0. The van der Waals surface area contributed by atoms with Crippen LogP contribution >= 0.6 is 0 Å². The predicted molar refractivity (Wildman–Crippen MR) is 108 cm³/mol. The maximum Gasteiger partial charge on any atom is 0.251 e. The van der Waals surface area contributed by atoms with Crippen molar-refractivity contribution < 1.29 is 9.18 Å². The Morgan fingerprint density at radius 1 is 1.03 bits per heavy atom. The summed E-state index contributed by atoms with van der Waals surface area (Å²) in [7, 11) is 0. The van der Waals surface area contributed by atoms with Crippen LogP contribution in [-0.2, 0) is 17.8 Å². The fourth-order valence-corrected chi connectivity index (χ4v) is 3.49. The lowest BCUT2D eigenvalue weighted by Crippen LogP contribution is -2.47. The topological polar surface area (TPSA) is 78.1 Å². The van der Waals surface area contributed by atoms with Crippen molar-refractivity contribution in [2.75, 3.05) is 19.6 Å². The Morgan fingerprint density at radius 3 is 2.69 bits per heavy atom. The average molecular weight is 392 g/mol. The Labute approximate surface area is 167 Å². The second kappa shape index (κ2) is 8.36. The smallest absolute Gasteiger partial charge is 0.251 e. The number of benzene rings is 2. The standard InChI is InChI=1S/C22H21FN4O2/c23-18-6-2-3-15(10-18)11-19-12-20(28)26-22(25-19)17-5-1-4-16(9-17)13-27-8-7-24-21(29)14-27/h1-6,9-10,12H,7-8,11,13-14H2,(H,24,29)(H,25,26,28). The van der Waals surface area contributed by atoms with Gasteiger partial charge in [0.25, 0.3) is 5.56 Å². The predicted octanol–water partition coefficient (Wildman–Crippen LogP) is 2.10. The van der Waals surface area contributed by atoms with Crippen LogP contribution in [0.1, 0.15) is 16.8 Å². The van der Waals surface area contributed by atoms with E-state index in [1.165, 1.54) is 18.2 Å². The van der Waals surface area contributed by atoms with E-state index in [1.54, 1.807) is 12.1 Å². The van der Waals surface area contributed by atoms with Crippen molar-refractivity contribution in [3.63, 3.8) is 0 Å². The van der Waals surface area contributed by atoms with E-state index in [2.05, 4.69) is 20.2 Å². The highest BCUT2D eigenvalue weighted by Gasteiger charge is 2.16. The SMILES string of the molecule is O=C1CN(Cc2cccc(-c3nc(Cc4cccc(F)c4)cc(=O)[nH]3)c2)CCN1. The van der Waals surface area contributed by atoms with Crippen molar-refractivity contribution in [3.05, 3.63) is 87.6 Å². The molecule has 148 valence electrons. The lowest BCUT2D eigenvalue weighted by molar-refractivity contribution is -0.124. The molecule has 0 bridgehead atoms. The third-order valence-electron chi connectivity index (χ3n) is 4.79. The van der Waals surface area contributed by atoms with E-state index in [0.717, 1.165) is 23.2 Å². The van der Waals surface area contributed by atoms with Gasteiger partial charge in [0.1, 0.15) is 11.6 Å². The van der Waals surface area contributed by atoms with Gasteiger partial charge in [-0.25, -0.2) is 9.37 Å². The van der Waals surface area contributed by atoms with Crippen molar-refractivity contribution in [2.45, 2.75) is 13.0 Å². The Morgan fingerprint density at radius 2 is 1.86 bits per heavy atom. The number of aromatic nitrogens is 2. The summed E-state index contributed by atoms with van der Waals surface area (Å²) in [5, 5.41) is 2.82. The number of halogens is 1. The summed E-state index contributed by atoms with van der Waals surface area (Å²) in [4.78, 5) is 33.2. The molecule has 0 unspecified atom stereocenters. The van der Waals surface area contributed by atoms with Crippen molar-refractivity contribution in [2.24, 2.45) is 0 Å². The summed E-state index contributed by atoms with van der Waals surface area (Å²) >= 11 is 0. The Kier molecular flexibility index (Phi) is 5.48. The maximum atomic E-state index is 13.4. The second-order valence-electron chi connectivity index (χ2n) is 7.15. The molecule has 3 aromatic rings. The number of rotatable bonds is 5. The van der Waals surface area contributed by atoms with Crippen LogP contribution in [0.2, 0.25) is 0 Å². The van der Waals surface area contributed by atoms with Gasteiger partial charge in [-0.2, -0.15) is 0 Å². The molecule has 2 heterocycles. The molecular formula is C22H21FN4O2. The third-order valence-corrected chi connectivity index (χ3v) is 4.79. The van der Waals surface area contributed by atoms with Crippen LogP contribution < -0.4 is 10.9 Å². The Hall–Kier alpha value is -3.32. The van der Waals surface area contributed by atoms with Crippen LogP contribution in [-0.4, -0.2) is 40.4 Å². The highest BCUT2D eigenvalue weighted by molar-refractivity contribution is 5.78. The number of nitrogens with zero attached hydrogens (tertiary/aromatic N) is 2. The highest BCUT2D eigenvalue weighted by Crippen LogP contribution is 2.18. The number of aromatic amines is 1. The number of carbonyl (C=O) groups is 1. The lowest BCUT2D eigenvalue weighted by atomic mass is 10.1. The molecule has 0 spiro atoms. The number of hydrogen-bond acceptors (Lipinski definition) is 4. The molecule has 0 aliphatic carbocycles. The first-order valence-electron chi connectivity index (χ1n) is 9.48. The van der Waals surface area contributed by atoms with Gasteiger partial charge in [0.05, 0.1) is 12.2 Å². The molecule has 1 saturated heterocycles. The number of amides is 1. The summed E-state index contributed by atoms with van der Waals surface area (Å²) in [6.45, 7) is 2.47. The van der Waals surface area contributed by atoms with Gasteiger partial charge < -0.3 is 10.3 Å². The minimum Gasteiger partial charge on any atom is -0.354 e. The van der Waals surface area contributed by atoms with E-state index in [1.807, 2.05) is 24.3 Å². The molecule has 6 nitrogen and oxygen atoms in total. The van der Waals surface area contributed by atoms with E-state index >= 15 is 0 Å². The van der Waals surface area contributed by atoms with E-state index < -0.39 is 0 Å². The largest absolute Gasteiger partial charge is 0.354 e. The molecule has 1 aliphatic rings. The summed E-state index contributed by atoms with van der Waals surface area (Å²) < 4.78 is 13.4. The van der Waals surface area contributed by atoms with E-state index in [0.29, 0.717) is 37.6 Å². The minimum absolute atomic E-state index is 0.0310. The molecule has 0 saturated carbocycles. The number of piperazine rings is 1. The monoisotopic (exact) mass is 392 g/mol. The van der Waals surface area contributed by atoms with Crippen molar-refractivity contribution in [1.82, 2.24) is 20.2 Å². The van der Waals surface area contributed by atoms with Crippen LogP contribution in [0.5, 0.6) is 0 Å². The number of nitrogens with one attached hydrogen (secondary N) is 2. The second-order valence-corrected chi connectivity index (χ2v) is 7.15. The van der Waals surface area contributed by atoms with Crippen molar-refractivity contribution >= 4 is 5.91 Å². The normalized spacial score (nSPS) is 14.6. The lowest BCUT2D eigenvalue weighted by Gasteiger charge is -2.26. The van der Waals surface area contributed by atoms with Gasteiger partial charge >= 0.3 is 0 Å². The van der Waals surface area contributed by atoms with Crippen LogP contribution in [0, 0.1) is 5.82 Å². The van der Waals surface area contributed by atoms with Crippen molar-refractivity contribution in [3.8, 4) is 11.4 Å². The zero-order chi connectivity index (χ0) is 20.2. The van der Waals surface area contributed by atoms with Gasteiger partial charge in [-0.05, 0) is 29.3 Å². The quantitative estimate of drug-likeness (QED) is 0.697. The fraction of sp³-hybridized carbons (Fsp3) is 0.227. The van der Waals surface area contributed by atoms with Crippen LogP contribution in [0.25, 0.3) is 11.4 Å². The van der Waals surface area contributed by atoms with Crippen molar-refractivity contribution in [1.29, 1.82) is 0 Å². The molecular weight excluding hydrogens is 371 g/mol. The van der Waals surface area contributed by atoms with Gasteiger partial charge in [-0.1, -0.05) is 30.3 Å². The number of H-pyrrole nitrogens is 1. The van der Waals surface area contributed by atoms with Gasteiger partial charge in [0.15, 0.2) is 0 Å². The molecule has 29 heavy (non-hydrogen) atoms. The first-order valence-corrected chi connectivity index (χ1v) is 9.48. The summed E-state index contributed by atoms with van der Waals surface area (Å²) in [6.07, 6.45) is 0.372. The van der Waals surface area contributed by atoms with Gasteiger partial charge in [0, 0.05) is 37.7 Å². The van der Waals surface area contributed by atoms with Gasteiger partial charge in [-0.3, -0.25) is 14.5 Å². The van der Waals surface area contributed by atoms with E-state index in [4.69, 9.17) is 0 Å². The van der Waals surface area contributed by atoms with E-state index in [9.17, 15) is 14.0 Å². The van der Waals surface area contributed by atoms with Gasteiger partial charge in [-0.15, -0.1) is 0 Å². The minimum atomic E-state index is -0.313. The molecule has 1 amide bonds. The molecule has 1 aliphatic heterocycles. The highest BCUT2D eigenvalue weighted by atomic mass is 19.1. The summed E-state index contributed by atoms with van der Waals surface area (Å²) in [5.74, 6) is 0.192. The summed E-state index contributed by atoms with van der Waals surface area (Å²) in [5.41, 5.74) is 2.91. The molecule has 4 rings (SSSR count).